The monoisotopic (exact) mass is 267 g/mol. The van der Waals surface area contributed by atoms with Crippen molar-refractivity contribution in [2.75, 3.05) is 34.0 Å². The molecule has 0 saturated carbocycles. The molecule has 106 valence electrons. The van der Waals surface area contributed by atoms with Gasteiger partial charge in [0.15, 0.2) is 5.75 Å². The van der Waals surface area contributed by atoms with Crippen molar-refractivity contribution in [2.24, 2.45) is 0 Å². The number of epoxide rings is 1. The number of pyridine rings is 1. The lowest BCUT2D eigenvalue weighted by molar-refractivity contribution is 0.114. The van der Waals surface area contributed by atoms with E-state index in [1.807, 2.05) is 13.1 Å². The number of aryl methyl sites for hydroxylation is 1. The van der Waals surface area contributed by atoms with Crippen molar-refractivity contribution in [3.63, 3.8) is 0 Å². The zero-order valence-electron chi connectivity index (χ0n) is 11.8. The molecule has 5 nitrogen and oxygen atoms in total. The molecular formula is C14H21NO4. The number of aromatic nitrogens is 1. The van der Waals surface area contributed by atoms with Gasteiger partial charge < -0.3 is 18.9 Å². The van der Waals surface area contributed by atoms with Crippen molar-refractivity contribution in [1.29, 1.82) is 0 Å². The first-order valence-electron chi connectivity index (χ1n) is 6.52. The topological polar surface area (TPSA) is 53.1 Å². The first kappa shape index (κ1) is 14.1. The molecule has 0 aromatic carbocycles. The van der Waals surface area contributed by atoms with E-state index in [0.717, 1.165) is 31.6 Å². The van der Waals surface area contributed by atoms with Crippen LogP contribution in [0.15, 0.2) is 6.20 Å². The van der Waals surface area contributed by atoms with E-state index in [9.17, 15) is 0 Å². The Balaban J connectivity index is 1.84. The highest BCUT2D eigenvalue weighted by atomic mass is 16.6. The molecule has 0 N–H and O–H groups in total. The molecule has 1 unspecified atom stereocenters. The third-order valence-corrected chi connectivity index (χ3v) is 3.19. The SMILES string of the molecule is COc1ncc(CCCOCC2CO2)c(C)c1OC. The lowest BCUT2D eigenvalue weighted by Gasteiger charge is -2.13. The number of methoxy groups -OCH3 is 2. The fourth-order valence-corrected chi connectivity index (χ4v) is 1.98. The van der Waals surface area contributed by atoms with Crippen LogP contribution >= 0.6 is 0 Å². The minimum Gasteiger partial charge on any atom is -0.491 e. The van der Waals surface area contributed by atoms with E-state index in [0.29, 0.717) is 24.3 Å². The molecule has 1 aromatic heterocycles. The predicted octanol–water partition coefficient (Wildman–Crippen LogP) is 1.76. The van der Waals surface area contributed by atoms with Gasteiger partial charge in [0.1, 0.15) is 6.10 Å². The van der Waals surface area contributed by atoms with Gasteiger partial charge >= 0.3 is 0 Å². The van der Waals surface area contributed by atoms with Crippen molar-refractivity contribution < 1.29 is 18.9 Å². The summed E-state index contributed by atoms with van der Waals surface area (Å²) in [5.74, 6) is 1.25. The molecule has 1 fully saturated rings. The van der Waals surface area contributed by atoms with Gasteiger partial charge in [0.2, 0.25) is 0 Å². The zero-order chi connectivity index (χ0) is 13.7. The van der Waals surface area contributed by atoms with E-state index in [4.69, 9.17) is 18.9 Å². The summed E-state index contributed by atoms with van der Waals surface area (Å²) >= 11 is 0. The second kappa shape index (κ2) is 6.73. The van der Waals surface area contributed by atoms with Crippen molar-refractivity contribution in [3.05, 3.63) is 17.3 Å². The molecule has 2 heterocycles. The average Bonchev–Trinajstić information content (AvgIpc) is 3.23. The summed E-state index contributed by atoms with van der Waals surface area (Å²) in [5, 5.41) is 0. The Kier molecular flexibility index (Phi) is 4.99. The van der Waals surface area contributed by atoms with Gasteiger partial charge in [-0.15, -0.1) is 0 Å². The minimum absolute atomic E-state index is 0.337. The van der Waals surface area contributed by atoms with Crippen LogP contribution in [0.5, 0.6) is 11.6 Å². The quantitative estimate of drug-likeness (QED) is 0.530. The molecule has 0 radical (unpaired) electrons. The third kappa shape index (κ3) is 3.81. The van der Waals surface area contributed by atoms with Crippen LogP contribution in [0, 0.1) is 6.92 Å². The zero-order valence-corrected chi connectivity index (χ0v) is 11.8. The number of nitrogens with zero attached hydrogens (tertiary/aromatic N) is 1. The second-order valence-corrected chi connectivity index (χ2v) is 4.58. The van der Waals surface area contributed by atoms with E-state index in [1.54, 1.807) is 14.2 Å². The highest BCUT2D eigenvalue weighted by Gasteiger charge is 2.22. The molecule has 0 amide bonds. The second-order valence-electron chi connectivity index (χ2n) is 4.58. The fourth-order valence-electron chi connectivity index (χ4n) is 1.98. The first-order valence-corrected chi connectivity index (χ1v) is 6.52. The van der Waals surface area contributed by atoms with Crippen molar-refractivity contribution in [2.45, 2.75) is 25.9 Å². The number of rotatable bonds is 8. The fraction of sp³-hybridized carbons (Fsp3) is 0.643. The maximum atomic E-state index is 5.52. The molecule has 1 aromatic rings. The Morgan fingerprint density at radius 1 is 1.37 bits per heavy atom. The molecule has 1 atom stereocenters. The Morgan fingerprint density at radius 2 is 2.16 bits per heavy atom. The standard InChI is InChI=1S/C14H21NO4/c1-10-11(5-4-6-18-8-12-9-19-12)7-15-14(17-3)13(10)16-2/h7,12H,4-6,8-9H2,1-3H3. The summed E-state index contributed by atoms with van der Waals surface area (Å²) in [4.78, 5) is 4.26. The van der Waals surface area contributed by atoms with Crippen LogP contribution in [0.3, 0.4) is 0 Å². The van der Waals surface area contributed by atoms with E-state index < -0.39 is 0 Å². The Hall–Kier alpha value is -1.33. The van der Waals surface area contributed by atoms with Gasteiger partial charge in [0.25, 0.3) is 5.88 Å². The molecule has 0 spiro atoms. The molecule has 19 heavy (non-hydrogen) atoms. The van der Waals surface area contributed by atoms with E-state index in [2.05, 4.69) is 4.98 Å². The third-order valence-electron chi connectivity index (χ3n) is 3.19. The van der Waals surface area contributed by atoms with Gasteiger partial charge in [-0.3, -0.25) is 0 Å². The molecule has 2 rings (SSSR count). The van der Waals surface area contributed by atoms with Crippen LogP contribution in [0.25, 0.3) is 0 Å². The molecule has 1 aliphatic rings. The Labute approximate surface area is 113 Å². The molecule has 1 saturated heterocycles. The molecule has 0 bridgehead atoms. The summed E-state index contributed by atoms with van der Waals surface area (Å²) in [7, 11) is 3.23. The lowest BCUT2D eigenvalue weighted by atomic mass is 10.1. The summed E-state index contributed by atoms with van der Waals surface area (Å²) in [6, 6.07) is 0. The summed E-state index contributed by atoms with van der Waals surface area (Å²) in [5.41, 5.74) is 2.25. The van der Waals surface area contributed by atoms with Crippen molar-refractivity contribution in [1.82, 2.24) is 4.98 Å². The van der Waals surface area contributed by atoms with Gasteiger partial charge in [-0.05, 0) is 25.3 Å². The van der Waals surface area contributed by atoms with Crippen LogP contribution in [0.1, 0.15) is 17.5 Å². The minimum atomic E-state index is 0.337. The Morgan fingerprint density at radius 3 is 2.79 bits per heavy atom. The number of hydrogen-bond acceptors (Lipinski definition) is 5. The van der Waals surface area contributed by atoms with E-state index in [1.165, 1.54) is 5.56 Å². The average molecular weight is 267 g/mol. The maximum Gasteiger partial charge on any atom is 0.256 e. The van der Waals surface area contributed by atoms with Crippen molar-refractivity contribution >= 4 is 0 Å². The van der Waals surface area contributed by atoms with Crippen LogP contribution in [-0.2, 0) is 15.9 Å². The highest BCUT2D eigenvalue weighted by Crippen LogP contribution is 2.30. The number of ether oxygens (including phenoxy) is 4. The molecule has 1 aliphatic heterocycles. The van der Waals surface area contributed by atoms with Crippen LogP contribution < -0.4 is 9.47 Å². The van der Waals surface area contributed by atoms with Gasteiger partial charge in [-0.25, -0.2) is 4.98 Å². The predicted molar refractivity (Wildman–Crippen MR) is 71.0 cm³/mol. The van der Waals surface area contributed by atoms with E-state index in [-0.39, 0.29) is 0 Å². The summed E-state index contributed by atoms with van der Waals surface area (Å²) in [6.45, 7) is 4.33. The van der Waals surface area contributed by atoms with Crippen LogP contribution in [0.2, 0.25) is 0 Å². The molecule has 0 aliphatic carbocycles. The van der Waals surface area contributed by atoms with Crippen LogP contribution in [0.4, 0.5) is 0 Å². The highest BCUT2D eigenvalue weighted by molar-refractivity contribution is 5.45. The smallest absolute Gasteiger partial charge is 0.256 e. The normalized spacial score (nSPS) is 17.3. The van der Waals surface area contributed by atoms with Gasteiger partial charge in [0.05, 0.1) is 27.4 Å². The van der Waals surface area contributed by atoms with Gasteiger partial charge in [-0.1, -0.05) is 0 Å². The van der Waals surface area contributed by atoms with Gasteiger partial charge in [0, 0.05) is 18.4 Å². The van der Waals surface area contributed by atoms with Crippen molar-refractivity contribution in [3.8, 4) is 11.6 Å². The van der Waals surface area contributed by atoms with E-state index >= 15 is 0 Å². The largest absolute Gasteiger partial charge is 0.491 e. The summed E-state index contributed by atoms with van der Waals surface area (Å²) in [6.07, 6.45) is 4.07. The summed E-state index contributed by atoms with van der Waals surface area (Å²) < 4.78 is 21.1. The number of hydrogen-bond donors (Lipinski definition) is 0. The Bertz CT molecular complexity index is 418. The molecular weight excluding hydrogens is 246 g/mol. The van der Waals surface area contributed by atoms with Crippen LogP contribution in [-0.4, -0.2) is 45.1 Å². The first-order chi connectivity index (χ1) is 9.26. The van der Waals surface area contributed by atoms with Gasteiger partial charge in [-0.2, -0.15) is 0 Å². The lowest BCUT2D eigenvalue weighted by Crippen LogP contribution is -2.05. The maximum absolute atomic E-state index is 5.52. The molecule has 5 heteroatoms.